The van der Waals surface area contributed by atoms with E-state index < -0.39 is 0 Å². The summed E-state index contributed by atoms with van der Waals surface area (Å²) < 4.78 is 0. The van der Waals surface area contributed by atoms with E-state index in [9.17, 15) is 4.79 Å². The van der Waals surface area contributed by atoms with Crippen LogP contribution in [-0.4, -0.2) is 45.3 Å². The molecule has 5 nitrogen and oxygen atoms in total. The molecule has 0 radical (unpaired) electrons. The molecule has 1 atom stereocenters. The highest BCUT2D eigenvalue weighted by molar-refractivity contribution is 5.74. The zero-order valence-corrected chi connectivity index (χ0v) is 16.8. The van der Waals surface area contributed by atoms with Gasteiger partial charge in [-0.1, -0.05) is 42.0 Å². The normalized spacial score (nSPS) is 20.3. The number of carbonyl (C=O) groups is 1. The van der Waals surface area contributed by atoms with Crippen LogP contribution in [0.5, 0.6) is 0 Å². The van der Waals surface area contributed by atoms with Crippen LogP contribution < -0.4 is 0 Å². The first-order valence-corrected chi connectivity index (χ1v) is 10.2. The summed E-state index contributed by atoms with van der Waals surface area (Å²) in [5.74, 6) is 0.940. The zero-order valence-electron chi connectivity index (χ0n) is 16.8. The molecule has 5 heteroatoms. The van der Waals surface area contributed by atoms with Crippen molar-refractivity contribution >= 4 is 12.0 Å². The van der Waals surface area contributed by atoms with E-state index in [0.717, 1.165) is 57.0 Å². The van der Waals surface area contributed by atoms with Crippen LogP contribution in [-0.2, 0) is 17.8 Å². The van der Waals surface area contributed by atoms with Crippen LogP contribution in [0.25, 0.3) is 6.08 Å². The highest BCUT2D eigenvalue weighted by Gasteiger charge is 2.31. The standard InChI is InChI=1S/C23H28N4O/c1-17(13-19-7-4-3-5-8-19)15-26-12-10-21-20(16-26)14-24-23(25-21)22-9-6-11-27(22)18(2)28/h3-5,7-8,13-14,22H,6,9-12,15-16H2,1-2H3/b17-13+/t22-/m0/s1. The maximum Gasteiger partial charge on any atom is 0.220 e. The molecule has 2 aliphatic heterocycles. The Hall–Kier alpha value is -2.53. The molecule has 1 fully saturated rings. The topological polar surface area (TPSA) is 49.3 Å². The Kier molecular flexibility index (Phi) is 5.53. The summed E-state index contributed by atoms with van der Waals surface area (Å²) in [5.41, 5.74) is 4.98. The lowest BCUT2D eigenvalue weighted by atomic mass is 10.1. The maximum absolute atomic E-state index is 11.9. The molecule has 3 heterocycles. The number of carbonyl (C=O) groups excluding carboxylic acids is 1. The van der Waals surface area contributed by atoms with Crippen molar-refractivity contribution in [3.05, 3.63) is 64.7 Å². The molecule has 146 valence electrons. The third kappa shape index (κ3) is 4.14. The number of aromatic nitrogens is 2. The molecule has 2 aliphatic rings. The third-order valence-corrected chi connectivity index (χ3v) is 5.67. The van der Waals surface area contributed by atoms with Crippen LogP contribution in [0.2, 0.25) is 0 Å². The van der Waals surface area contributed by atoms with Crippen molar-refractivity contribution in [2.75, 3.05) is 19.6 Å². The van der Waals surface area contributed by atoms with Crippen LogP contribution >= 0.6 is 0 Å². The second kappa shape index (κ2) is 8.23. The van der Waals surface area contributed by atoms with Gasteiger partial charge in [0.2, 0.25) is 5.91 Å². The molecule has 0 N–H and O–H groups in total. The van der Waals surface area contributed by atoms with Crippen LogP contribution in [0.1, 0.15) is 55.4 Å². The molecular weight excluding hydrogens is 348 g/mol. The second-order valence-electron chi connectivity index (χ2n) is 7.93. The summed E-state index contributed by atoms with van der Waals surface area (Å²) in [6.07, 6.45) is 7.18. The van der Waals surface area contributed by atoms with Gasteiger partial charge in [-0.05, 0) is 25.3 Å². The number of likely N-dealkylation sites (tertiary alicyclic amines) is 1. The Morgan fingerprint density at radius 3 is 2.82 bits per heavy atom. The Balaban J connectivity index is 1.43. The van der Waals surface area contributed by atoms with Crippen molar-refractivity contribution < 1.29 is 4.79 Å². The van der Waals surface area contributed by atoms with E-state index in [4.69, 9.17) is 4.98 Å². The third-order valence-electron chi connectivity index (χ3n) is 5.67. The number of hydrogen-bond acceptors (Lipinski definition) is 4. The molecule has 4 rings (SSSR count). The first-order valence-electron chi connectivity index (χ1n) is 10.2. The molecule has 0 saturated carbocycles. The van der Waals surface area contributed by atoms with Crippen LogP contribution in [0, 0.1) is 0 Å². The van der Waals surface area contributed by atoms with E-state index in [1.165, 1.54) is 16.7 Å². The number of amides is 1. The van der Waals surface area contributed by atoms with Gasteiger partial charge in [0, 0.05) is 57.0 Å². The first kappa shape index (κ1) is 18.8. The van der Waals surface area contributed by atoms with Gasteiger partial charge in [-0.15, -0.1) is 0 Å². The Labute approximate surface area is 167 Å². The lowest BCUT2D eigenvalue weighted by molar-refractivity contribution is -0.129. The van der Waals surface area contributed by atoms with Crippen LogP contribution in [0.3, 0.4) is 0 Å². The molecule has 0 aliphatic carbocycles. The van der Waals surface area contributed by atoms with Crippen molar-refractivity contribution in [3.63, 3.8) is 0 Å². The molecule has 2 aromatic rings. The van der Waals surface area contributed by atoms with Crippen LogP contribution in [0.4, 0.5) is 0 Å². The van der Waals surface area contributed by atoms with Gasteiger partial charge in [0.05, 0.1) is 6.04 Å². The predicted octanol–water partition coefficient (Wildman–Crippen LogP) is 3.62. The molecule has 1 aromatic carbocycles. The van der Waals surface area contributed by atoms with E-state index >= 15 is 0 Å². The minimum atomic E-state index is 0.0527. The average molecular weight is 377 g/mol. The second-order valence-corrected chi connectivity index (χ2v) is 7.93. The van der Waals surface area contributed by atoms with Crippen molar-refractivity contribution in [1.82, 2.24) is 19.8 Å². The summed E-state index contributed by atoms with van der Waals surface area (Å²) >= 11 is 0. The monoisotopic (exact) mass is 376 g/mol. The van der Waals surface area contributed by atoms with Gasteiger partial charge in [-0.3, -0.25) is 9.69 Å². The van der Waals surface area contributed by atoms with E-state index in [-0.39, 0.29) is 11.9 Å². The largest absolute Gasteiger partial charge is 0.333 e. The number of benzene rings is 1. The zero-order chi connectivity index (χ0) is 19.5. The van der Waals surface area contributed by atoms with Crippen molar-refractivity contribution in [1.29, 1.82) is 0 Å². The van der Waals surface area contributed by atoms with E-state index in [1.807, 2.05) is 17.2 Å². The summed E-state index contributed by atoms with van der Waals surface area (Å²) in [4.78, 5) is 25.7. The van der Waals surface area contributed by atoms with Gasteiger partial charge >= 0.3 is 0 Å². The summed E-state index contributed by atoms with van der Waals surface area (Å²) in [5, 5.41) is 0. The molecule has 28 heavy (non-hydrogen) atoms. The molecule has 0 bridgehead atoms. The lowest BCUT2D eigenvalue weighted by Crippen LogP contribution is -2.34. The minimum absolute atomic E-state index is 0.0527. The smallest absolute Gasteiger partial charge is 0.220 e. The highest BCUT2D eigenvalue weighted by atomic mass is 16.2. The van der Waals surface area contributed by atoms with E-state index in [0.29, 0.717) is 0 Å². The molecular formula is C23H28N4O. The van der Waals surface area contributed by atoms with Crippen molar-refractivity contribution in [2.24, 2.45) is 0 Å². The highest BCUT2D eigenvalue weighted by Crippen LogP contribution is 2.30. The summed E-state index contributed by atoms with van der Waals surface area (Å²) in [6.45, 7) is 7.50. The molecule has 1 amide bonds. The minimum Gasteiger partial charge on any atom is -0.333 e. The number of fused-ring (bicyclic) bond motifs is 1. The fraction of sp³-hybridized carbons (Fsp3) is 0.435. The summed E-state index contributed by atoms with van der Waals surface area (Å²) in [7, 11) is 0. The quantitative estimate of drug-likeness (QED) is 0.818. The predicted molar refractivity (Wildman–Crippen MR) is 110 cm³/mol. The van der Waals surface area contributed by atoms with E-state index in [1.54, 1.807) is 6.92 Å². The molecule has 1 aromatic heterocycles. The van der Waals surface area contributed by atoms with Gasteiger partial charge < -0.3 is 4.90 Å². The van der Waals surface area contributed by atoms with Gasteiger partial charge in [-0.2, -0.15) is 0 Å². The molecule has 1 saturated heterocycles. The number of rotatable bonds is 4. The first-order chi connectivity index (χ1) is 13.6. The van der Waals surface area contributed by atoms with Crippen LogP contribution in [0.15, 0.2) is 42.1 Å². The lowest BCUT2D eigenvalue weighted by Gasteiger charge is -2.29. The van der Waals surface area contributed by atoms with Gasteiger partial charge in [0.25, 0.3) is 0 Å². The molecule has 0 spiro atoms. The Bertz CT molecular complexity index is 877. The SMILES string of the molecule is CC(=O)N1CCC[C@H]1c1ncc2c(n1)CCN(C/C(C)=C/c1ccccc1)C2. The fourth-order valence-electron chi connectivity index (χ4n) is 4.33. The number of hydrogen-bond donors (Lipinski definition) is 0. The number of nitrogens with zero attached hydrogens (tertiary/aromatic N) is 4. The van der Waals surface area contributed by atoms with Crippen molar-refractivity contribution in [2.45, 2.75) is 45.7 Å². The van der Waals surface area contributed by atoms with Gasteiger partial charge in [0.1, 0.15) is 0 Å². The Morgan fingerprint density at radius 2 is 2.04 bits per heavy atom. The van der Waals surface area contributed by atoms with Crippen molar-refractivity contribution in [3.8, 4) is 0 Å². The van der Waals surface area contributed by atoms with Gasteiger partial charge in [0.15, 0.2) is 5.82 Å². The van der Waals surface area contributed by atoms with Gasteiger partial charge in [-0.25, -0.2) is 9.97 Å². The average Bonchev–Trinajstić information content (AvgIpc) is 3.18. The fourth-order valence-corrected chi connectivity index (χ4v) is 4.33. The molecule has 0 unspecified atom stereocenters. The van der Waals surface area contributed by atoms with E-state index in [2.05, 4.69) is 47.1 Å². The Morgan fingerprint density at radius 1 is 1.21 bits per heavy atom. The summed E-state index contributed by atoms with van der Waals surface area (Å²) in [6, 6.07) is 10.5. The maximum atomic E-state index is 11.9.